The Bertz CT molecular complexity index is 297. The van der Waals surface area contributed by atoms with Crippen LogP contribution in [0.3, 0.4) is 0 Å². The van der Waals surface area contributed by atoms with Crippen LogP contribution < -0.4 is 4.74 Å². The highest BCUT2D eigenvalue weighted by Crippen LogP contribution is 2.27. The number of phenols is 1. The number of aromatic hydroxyl groups is 1. The molecule has 0 saturated heterocycles. The fourth-order valence-electron chi connectivity index (χ4n) is 1.32. The Labute approximate surface area is 84.0 Å². The number of ether oxygens (including phenoxy) is 1. The maximum Gasteiger partial charge on any atom is 0.160 e. The number of methoxy groups -OCH3 is 1. The van der Waals surface area contributed by atoms with E-state index in [0.717, 1.165) is 12.0 Å². The third-order valence-corrected chi connectivity index (χ3v) is 2.14. The van der Waals surface area contributed by atoms with Crippen molar-refractivity contribution < 1.29 is 14.9 Å². The zero-order valence-corrected chi connectivity index (χ0v) is 8.53. The van der Waals surface area contributed by atoms with Crippen LogP contribution in [-0.2, 0) is 6.42 Å². The van der Waals surface area contributed by atoms with Gasteiger partial charge in [-0.25, -0.2) is 0 Å². The zero-order valence-electron chi connectivity index (χ0n) is 8.53. The third kappa shape index (κ3) is 2.64. The van der Waals surface area contributed by atoms with Crippen molar-refractivity contribution in [1.82, 2.24) is 0 Å². The van der Waals surface area contributed by atoms with Gasteiger partial charge in [0, 0.05) is 6.61 Å². The molecule has 0 aromatic heterocycles. The van der Waals surface area contributed by atoms with Gasteiger partial charge in [0.2, 0.25) is 0 Å². The molecular weight excluding hydrogens is 180 g/mol. The van der Waals surface area contributed by atoms with Crippen molar-refractivity contribution in [3.63, 3.8) is 0 Å². The Balaban J connectivity index is 2.79. The topological polar surface area (TPSA) is 49.7 Å². The highest BCUT2D eigenvalue weighted by atomic mass is 16.5. The second kappa shape index (κ2) is 4.86. The summed E-state index contributed by atoms with van der Waals surface area (Å²) in [6.45, 7) is 2.14. The van der Waals surface area contributed by atoms with Crippen LogP contribution in [0.5, 0.6) is 11.5 Å². The van der Waals surface area contributed by atoms with Crippen LogP contribution in [0.4, 0.5) is 0 Å². The fraction of sp³-hybridized carbons (Fsp3) is 0.455. The first-order valence-electron chi connectivity index (χ1n) is 4.64. The molecule has 0 spiro atoms. The number of hydrogen-bond donors (Lipinski definition) is 2. The summed E-state index contributed by atoms with van der Waals surface area (Å²) < 4.78 is 4.99. The molecule has 1 aromatic carbocycles. The summed E-state index contributed by atoms with van der Waals surface area (Å²) in [5.74, 6) is 0.852. The number of benzene rings is 1. The monoisotopic (exact) mass is 196 g/mol. The van der Waals surface area contributed by atoms with E-state index in [9.17, 15) is 5.11 Å². The Morgan fingerprint density at radius 1 is 1.43 bits per heavy atom. The number of aliphatic hydroxyl groups is 1. The second-order valence-electron chi connectivity index (χ2n) is 3.50. The van der Waals surface area contributed by atoms with Crippen molar-refractivity contribution in [3.05, 3.63) is 23.8 Å². The largest absolute Gasteiger partial charge is 0.504 e. The average Bonchev–Trinajstić information content (AvgIpc) is 2.20. The van der Waals surface area contributed by atoms with Gasteiger partial charge in [-0.3, -0.25) is 0 Å². The van der Waals surface area contributed by atoms with Gasteiger partial charge >= 0.3 is 0 Å². The van der Waals surface area contributed by atoms with Crippen LogP contribution in [0, 0.1) is 5.92 Å². The van der Waals surface area contributed by atoms with Crippen LogP contribution >= 0.6 is 0 Å². The molecule has 0 heterocycles. The van der Waals surface area contributed by atoms with Crippen molar-refractivity contribution in [3.8, 4) is 11.5 Å². The summed E-state index contributed by atoms with van der Waals surface area (Å²) in [6, 6.07) is 5.24. The van der Waals surface area contributed by atoms with Crippen molar-refractivity contribution in [2.45, 2.75) is 13.3 Å². The molecule has 1 rings (SSSR count). The molecule has 3 heteroatoms. The molecule has 0 fully saturated rings. The maximum atomic E-state index is 9.35. The molecule has 1 atom stereocenters. The summed E-state index contributed by atoms with van der Waals surface area (Å²) in [7, 11) is 1.52. The molecule has 3 nitrogen and oxygen atoms in total. The molecule has 1 aromatic rings. The van der Waals surface area contributed by atoms with Gasteiger partial charge in [0.05, 0.1) is 7.11 Å². The van der Waals surface area contributed by atoms with E-state index in [2.05, 4.69) is 0 Å². The van der Waals surface area contributed by atoms with Gasteiger partial charge in [-0.1, -0.05) is 13.0 Å². The number of hydrogen-bond acceptors (Lipinski definition) is 3. The van der Waals surface area contributed by atoms with E-state index >= 15 is 0 Å². The van der Waals surface area contributed by atoms with E-state index in [1.54, 1.807) is 12.1 Å². The second-order valence-corrected chi connectivity index (χ2v) is 3.50. The Morgan fingerprint density at radius 3 is 2.71 bits per heavy atom. The highest BCUT2D eigenvalue weighted by molar-refractivity contribution is 5.41. The molecule has 14 heavy (non-hydrogen) atoms. The first-order chi connectivity index (χ1) is 6.67. The van der Waals surface area contributed by atoms with E-state index in [1.807, 2.05) is 13.0 Å². The van der Waals surface area contributed by atoms with E-state index in [-0.39, 0.29) is 18.3 Å². The van der Waals surface area contributed by atoms with Gasteiger partial charge in [0.25, 0.3) is 0 Å². The smallest absolute Gasteiger partial charge is 0.160 e. The van der Waals surface area contributed by atoms with Gasteiger partial charge in [-0.2, -0.15) is 0 Å². The van der Waals surface area contributed by atoms with E-state index in [1.165, 1.54) is 7.11 Å². The average molecular weight is 196 g/mol. The molecule has 78 valence electrons. The van der Waals surface area contributed by atoms with E-state index < -0.39 is 0 Å². The SMILES string of the molecule is COc1cc(C[C@H](C)CO)ccc1O. The van der Waals surface area contributed by atoms with Crippen molar-refractivity contribution in [2.24, 2.45) is 5.92 Å². The number of phenolic OH excluding ortho intramolecular Hbond substituents is 1. The molecular formula is C11H16O3. The van der Waals surface area contributed by atoms with E-state index in [0.29, 0.717) is 5.75 Å². The molecule has 0 aliphatic heterocycles. The Hall–Kier alpha value is -1.22. The summed E-state index contributed by atoms with van der Waals surface area (Å²) in [6.07, 6.45) is 0.785. The standard InChI is InChI=1S/C11H16O3/c1-8(7-12)5-9-3-4-10(13)11(6-9)14-2/h3-4,6,8,12-13H,5,7H2,1-2H3/t8-/m0/s1. The maximum absolute atomic E-state index is 9.35. The summed E-state index contributed by atoms with van der Waals surface area (Å²) in [4.78, 5) is 0. The Morgan fingerprint density at radius 2 is 2.14 bits per heavy atom. The minimum Gasteiger partial charge on any atom is -0.504 e. The van der Waals surface area contributed by atoms with Gasteiger partial charge in [-0.15, -0.1) is 0 Å². The molecule has 0 unspecified atom stereocenters. The normalized spacial score (nSPS) is 12.5. The predicted molar refractivity (Wildman–Crippen MR) is 54.6 cm³/mol. The molecule has 0 amide bonds. The van der Waals surface area contributed by atoms with Crippen LogP contribution in [0.25, 0.3) is 0 Å². The number of aliphatic hydroxyl groups excluding tert-OH is 1. The lowest BCUT2D eigenvalue weighted by molar-refractivity contribution is 0.237. The van der Waals surface area contributed by atoms with Crippen LogP contribution in [0.15, 0.2) is 18.2 Å². The zero-order chi connectivity index (χ0) is 10.6. The summed E-state index contributed by atoms with van der Waals surface area (Å²) >= 11 is 0. The third-order valence-electron chi connectivity index (χ3n) is 2.14. The van der Waals surface area contributed by atoms with Crippen molar-refractivity contribution in [1.29, 1.82) is 0 Å². The lowest BCUT2D eigenvalue weighted by atomic mass is 10.0. The molecule has 0 radical (unpaired) electrons. The van der Waals surface area contributed by atoms with Crippen molar-refractivity contribution >= 4 is 0 Å². The van der Waals surface area contributed by atoms with E-state index in [4.69, 9.17) is 9.84 Å². The highest BCUT2D eigenvalue weighted by Gasteiger charge is 2.05. The quantitative estimate of drug-likeness (QED) is 0.768. The lowest BCUT2D eigenvalue weighted by Crippen LogP contribution is -2.04. The van der Waals surface area contributed by atoms with Gasteiger partial charge in [-0.05, 0) is 30.0 Å². The molecule has 0 aliphatic rings. The summed E-state index contributed by atoms with van der Waals surface area (Å²) in [5.41, 5.74) is 1.06. The molecule has 0 aliphatic carbocycles. The molecule has 0 saturated carbocycles. The fourth-order valence-corrected chi connectivity index (χ4v) is 1.32. The van der Waals surface area contributed by atoms with Gasteiger partial charge in [0.15, 0.2) is 11.5 Å². The van der Waals surface area contributed by atoms with Crippen molar-refractivity contribution in [2.75, 3.05) is 13.7 Å². The first-order valence-corrected chi connectivity index (χ1v) is 4.64. The first kappa shape index (κ1) is 10.9. The minimum atomic E-state index is 0.146. The molecule has 0 bridgehead atoms. The van der Waals surface area contributed by atoms with Gasteiger partial charge < -0.3 is 14.9 Å². The Kier molecular flexibility index (Phi) is 3.77. The van der Waals surface area contributed by atoms with Crippen LogP contribution in [-0.4, -0.2) is 23.9 Å². The van der Waals surface area contributed by atoms with Gasteiger partial charge in [0.1, 0.15) is 0 Å². The minimum absolute atomic E-state index is 0.146. The number of rotatable bonds is 4. The lowest BCUT2D eigenvalue weighted by Gasteiger charge is -2.09. The summed E-state index contributed by atoms with van der Waals surface area (Å²) in [5, 5.41) is 18.2. The van der Waals surface area contributed by atoms with Crippen LogP contribution in [0.1, 0.15) is 12.5 Å². The van der Waals surface area contributed by atoms with Crippen LogP contribution in [0.2, 0.25) is 0 Å². The predicted octanol–water partition coefficient (Wildman–Crippen LogP) is 1.57. The molecule has 2 N–H and O–H groups in total.